The van der Waals surface area contributed by atoms with E-state index in [1.165, 1.54) is 5.56 Å². The number of fused-ring (bicyclic) bond motifs is 1. The summed E-state index contributed by atoms with van der Waals surface area (Å²) in [6.07, 6.45) is 3.94. The zero-order chi connectivity index (χ0) is 17.8. The lowest BCUT2D eigenvalue weighted by Gasteiger charge is -2.34. The number of aryl methyl sites for hydroxylation is 1. The maximum absolute atomic E-state index is 12.7. The topological polar surface area (TPSA) is 36.7 Å². The molecule has 2 heterocycles. The van der Waals surface area contributed by atoms with E-state index in [9.17, 15) is 4.79 Å². The predicted molar refractivity (Wildman–Crippen MR) is 103 cm³/mol. The molecule has 0 saturated carbocycles. The van der Waals surface area contributed by atoms with Crippen molar-refractivity contribution in [1.29, 1.82) is 0 Å². The van der Waals surface area contributed by atoms with Crippen LogP contribution in [0.1, 0.15) is 22.3 Å². The van der Waals surface area contributed by atoms with Crippen LogP contribution in [0.15, 0.2) is 65.3 Å². The number of furan rings is 1. The largest absolute Gasteiger partial charge is 0.464 e. The highest BCUT2D eigenvalue weighted by molar-refractivity contribution is 5.97. The Morgan fingerprint density at radius 2 is 1.77 bits per heavy atom. The summed E-state index contributed by atoms with van der Waals surface area (Å²) in [7, 11) is 0. The molecule has 0 radical (unpaired) electrons. The van der Waals surface area contributed by atoms with Crippen LogP contribution in [0, 0.1) is 0 Å². The van der Waals surface area contributed by atoms with Gasteiger partial charge in [-0.1, -0.05) is 30.3 Å². The predicted octanol–water partition coefficient (Wildman–Crippen LogP) is 3.82. The molecular formula is C22H24N2O2. The molecule has 0 bridgehead atoms. The third-order valence-electron chi connectivity index (χ3n) is 5.14. The van der Waals surface area contributed by atoms with Gasteiger partial charge in [0.25, 0.3) is 5.91 Å². The molecule has 1 amide bonds. The van der Waals surface area contributed by atoms with Crippen molar-refractivity contribution >= 4 is 16.9 Å². The smallest absolute Gasteiger partial charge is 0.253 e. The van der Waals surface area contributed by atoms with Crippen molar-refractivity contribution in [3.63, 3.8) is 0 Å². The number of carbonyl (C=O) groups excluding carboxylic acids is 1. The van der Waals surface area contributed by atoms with Gasteiger partial charge in [0.15, 0.2) is 0 Å². The van der Waals surface area contributed by atoms with Gasteiger partial charge in [-0.05, 0) is 49.2 Å². The van der Waals surface area contributed by atoms with Gasteiger partial charge in [-0.15, -0.1) is 0 Å². The third-order valence-corrected chi connectivity index (χ3v) is 5.14. The van der Waals surface area contributed by atoms with Gasteiger partial charge in [-0.3, -0.25) is 9.69 Å². The Labute approximate surface area is 154 Å². The van der Waals surface area contributed by atoms with Gasteiger partial charge in [0.2, 0.25) is 0 Å². The monoisotopic (exact) mass is 348 g/mol. The normalized spacial score (nSPS) is 15.5. The zero-order valence-corrected chi connectivity index (χ0v) is 14.9. The Bertz CT molecular complexity index is 864. The minimum absolute atomic E-state index is 0.122. The molecule has 0 atom stereocenters. The first kappa shape index (κ1) is 16.9. The van der Waals surface area contributed by atoms with Crippen LogP contribution in [-0.4, -0.2) is 48.4 Å². The number of rotatable bonds is 5. The number of nitrogens with zero attached hydrogens (tertiary/aromatic N) is 2. The van der Waals surface area contributed by atoms with E-state index in [0.29, 0.717) is 0 Å². The molecular weight excluding hydrogens is 324 g/mol. The van der Waals surface area contributed by atoms with Gasteiger partial charge >= 0.3 is 0 Å². The third kappa shape index (κ3) is 3.81. The van der Waals surface area contributed by atoms with Crippen LogP contribution in [0.4, 0.5) is 0 Å². The zero-order valence-electron chi connectivity index (χ0n) is 14.9. The van der Waals surface area contributed by atoms with E-state index in [1.807, 2.05) is 29.2 Å². The van der Waals surface area contributed by atoms with Gasteiger partial charge in [0, 0.05) is 37.1 Å². The van der Waals surface area contributed by atoms with Crippen LogP contribution in [0.25, 0.3) is 11.0 Å². The molecule has 134 valence electrons. The second kappa shape index (κ2) is 7.75. The first-order valence-electron chi connectivity index (χ1n) is 9.32. The van der Waals surface area contributed by atoms with E-state index in [-0.39, 0.29) is 5.91 Å². The minimum atomic E-state index is 0.122. The Balaban J connectivity index is 1.27. The van der Waals surface area contributed by atoms with Crippen molar-refractivity contribution in [2.75, 3.05) is 32.7 Å². The maximum atomic E-state index is 12.7. The Morgan fingerprint density at radius 3 is 2.58 bits per heavy atom. The average Bonchev–Trinajstić information content (AvgIpc) is 3.17. The highest BCUT2D eigenvalue weighted by Gasteiger charge is 2.22. The fourth-order valence-corrected chi connectivity index (χ4v) is 3.61. The molecule has 0 N–H and O–H groups in total. The number of hydrogen-bond acceptors (Lipinski definition) is 3. The molecule has 1 aromatic heterocycles. The van der Waals surface area contributed by atoms with E-state index in [1.54, 1.807) is 6.26 Å². The molecule has 2 aromatic carbocycles. The van der Waals surface area contributed by atoms with Crippen LogP contribution in [-0.2, 0) is 6.42 Å². The molecule has 1 aliphatic rings. The van der Waals surface area contributed by atoms with Gasteiger partial charge in [-0.25, -0.2) is 0 Å². The van der Waals surface area contributed by atoms with Crippen molar-refractivity contribution in [3.05, 3.63) is 72.0 Å². The minimum Gasteiger partial charge on any atom is -0.464 e. The van der Waals surface area contributed by atoms with Crippen LogP contribution in [0.3, 0.4) is 0 Å². The van der Waals surface area contributed by atoms with Crippen molar-refractivity contribution in [2.45, 2.75) is 12.8 Å². The van der Waals surface area contributed by atoms with E-state index >= 15 is 0 Å². The molecule has 3 aromatic rings. The average molecular weight is 348 g/mol. The van der Waals surface area contributed by atoms with Gasteiger partial charge < -0.3 is 9.32 Å². The van der Waals surface area contributed by atoms with Crippen molar-refractivity contribution < 1.29 is 9.21 Å². The SMILES string of the molecule is O=C(c1ccc2occc2c1)N1CCN(CCCc2ccccc2)CC1. The number of benzene rings is 2. The second-order valence-electron chi connectivity index (χ2n) is 6.90. The maximum Gasteiger partial charge on any atom is 0.253 e. The van der Waals surface area contributed by atoms with Crippen LogP contribution in [0.5, 0.6) is 0 Å². The fourth-order valence-electron chi connectivity index (χ4n) is 3.61. The lowest BCUT2D eigenvalue weighted by atomic mass is 10.1. The Hall–Kier alpha value is -2.59. The Kier molecular flexibility index (Phi) is 5.02. The molecule has 1 saturated heterocycles. The lowest BCUT2D eigenvalue weighted by molar-refractivity contribution is 0.0636. The summed E-state index contributed by atoms with van der Waals surface area (Å²) in [5.41, 5.74) is 2.97. The van der Waals surface area contributed by atoms with E-state index in [2.05, 4.69) is 35.2 Å². The quantitative estimate of drug-likeness (QED) is 0.703. The van der Waals surface area contributed by atoms with Crippen LogP contribution >= 0.6 is 0 Å². The summed E-state index contributed by atoms with van der Waals surface area (Å²) < 4.78 is 5.35. The number of hydrogen-bond donors (Lipinski definition) is 0. The molecule has 4 rings (SSSR count). The molecule has 4 heteroatoms. The number of carbonyl (C=O) groups is 1. The van der Waals surface area contributed by atoms with Crippen molar-refractivity contribution in [1.82, 2.24) is 9.80 Å². The molecule has 1 aliphatic heterocycles. The standard InChI is InChI=1S/C22H24N2O2/c25-22(20-8-9-21-19(17-20)10-16-26-21)24-14-12-23(13-15-24)11-4-7-18-5-2-1-3-6-18/h1-3,5-6,8-10,16-17H,4,7,11-15H2. The summed E-state index contributed by atoms with van der Waals surface area (Å²) in [4.78, 5) is 17.2. The first-order chi connectivity index (χ1) is 12.8. The van der Waals surface area contributed by atoms with Crippen LogP contribution in [0.2, 0.25) is 0 Å². The number of piperazine rings is 1. The summed E-state index contributed by atoms with van der Waals surface area (Å²) in [5, 5.41) is 0.982. The lowest BCUT2D eigenvalue weighted by Crippen LogP contribution is -2.48. The van der Waals surface area contributed by atoms with E-state index in [4.69, 9.17) is 4.42 Å². The molecule has 0 spiro atoms. The molecule has 1 fully saturated rings. The van der Waals surface area contributed by atoms with Gasteiger partial charge in [0.1, 0.15) is 5.58 Å². The first-order valence-corrected chi connectivity index (χ1v) is 9.32. The van der Waals surface area contributed by atoms with Gasteiger partial charge in [0.05, 0.1) is 6.26 Å². The van der Waals surface area contributed by atoms with E-state index in [0.717, 1.165) is 62.1 Å². The van der Waals surface area contributed by atoms with Gasteiger partial charge in [-0.2, -0.15) is 0 Å². The summed E-state index contributed by atoms with van der Waals surface area (Å²) in [5.74, 6) is 0.122. The number of amides is 1. The molecule has 26 heavy (non-hydrogen) atoms. The molecule has 4 nitrogen and oxygen atoms in total. The highest BCUT2D eigenvalue weighted by Crippen LogP contribution is 2.18. The van der Waals surface area contributed by atoms with Crippen molar-refractivity contribution in [2.24, 2.45) is 0 Å². The van der Waals surface area contributed by atoms with Crippen molar-refractivity contribution in [3.8, 4) is 0 Å². The molecule has 0 aliphatic carbocycles. The van der Waals surface area contributed by atoms with Crippen LogP contribution < -0.4 is 0 Å². The summed E-state index contributed by atoms with van der Waals surface area (Å²) in [6.45, 7) is 4.60. The Morgan fingerprint density at radius 1 is 0.962 bits per heavy atom. The fraction of sp³-hybridized carbons (Fsp3) is 0.318. The summed E-state index contributed by atoms with van der Waals surface area (Å²) >= 11 is 0. The second-order valence-corrected chi connectivity index (χ2v) is 6.90. The highest BCUT2D eigenvalue weighted by atomic mass is 16.3. The molecule has 0 unspecified atom stereocenters. The van der Waals surface area contributed by atoms with E-state index < -0.39 is 0 Å². The summed E-state index contributed by atoms with van der Waals surface area (Å²) in [6, 6.07) is 18.2.